The Balaban J connectivity index is 1.43. The first-order valence-corrected chi connectivity index (χ1v) is 16.2. The molecule has 0 bridgehead atoms. The Hall–Kier alpha value is -5.34. The van der Waals surface area contributed by atoms with Gasteiger partial charge in [0, 0.05) is 39.0 Å². The molecule has 1 aromatic heterocycles. The highest BCUT2D eigenvalue weighted by molar-refractivity contribution is 6.17. The van der Waals surface area contributed by atoms with Gasteiger partial charge in [-0.05, 0) is 80.2 Å². The molecule has 1 aliphatic rings. The fraction of sp³-hybridized carbons (Fsp3) is 0.136. The zero-order chi connectivity index (χ0) is 31.2. The minimum absolute atomic E-state index is 0.0760. The molecule has 222 valence electrons. The van der Waals surface area contributed by atoms with Crippen molar-refractivity contribution in [2.75, 3.05) is 4.90 Å². The maximum absolute atomic E-state index is 6.42. The highest BCUT2D eigenvalue weighted by atomic mass is 16.3. The van der Waals surface area contributed by atoms with Gasteiger partial charge >= 0.3 is 0 Å². The van der Waals surface area contributed by atoms with Gasteiger partial charge in [-0.25, -0.2) is 0 Å². The molecule has 1 aliphatic carbocycles. The normalized spacial score (nSPS) is 14.9. The lowest BCUT2D eigenvalue weighted by Crippen LogP contribution is -2.43. The second-order valence-electron chi connectivity index (χ2n) is 13.8. The van der Waals surface area contributed by atoms with Crippen molar-refractivity contribution in [1.29, 1.82) is 0 Å². The molecule has 0 saturated heterocycles. The smallest absolute Gasteiger partial charge is 0.137 e. The highest BCUT2D eigenvalue weighted by Crippen LogP contribution is 2.58. The summed E-state index contributed by atoms with van der Waals surface area (Å²) < 4.78 is 6.42. The van der Waals surface area contributed by atoms with Crippen LogP contribution in [0.4, 0.5) is 17.1 Å². The van der Waals surface area contributed by atoms with E-state index in [0.717, 1.165) is 39.0 Å². The molecular weight excluding hydrogens is 558 g/mol. The Bertz CT molecular complexity index is 2480. The average molecular weight is 594 g/mol. The van der Waals surface area contributed by atoms with Crippen LogP contribution in [0.3, 0.4) is 0 Å². The minimum Gasteiger partial charge on any atom is -0.456 e. The van der Waals surface area contributed by atoms with Crippen LogP contribution in [-0.4, -0.2) is 0 Å². The summed E-state index contributed by atoms with van der Waals surface area (Å²) >= 11 is 0. The van der Waals surface area contributed by atoms with Gasteiger partial charge in [0.1, 0.15) is 11.2 Å². The van der Waals surface area contributed by atoms with Crippen molar-refractivity contribution >= 4 is 60.5 Å². The topological polar surface area (TPSA) is 16.4 Å². The molecule has 0 spiro atoms. The van der Waals surface area contributed by atoms with E-state index in [4.69, 9.17) is 4.42 Å². The maximum atomic E-state index is 6.42. The third-order valence-electron chi connectivity index (χ3n) is 11.0. The molecule has 0 atom stereocenters. The van der Waals surface area contributed by atoms with Crippen LogP contribution in [0.25, 0.3) is 54.6 Å². The summed E-state index contributed by atoms with van der Waals surface area (Å²) in [5, 5.41) is 7.41. The van der Waals surface area contributed by atoms with E-state index in [1.807, 2.05) is 12.1 Å². The number of rotatable bonds is 3. The summed E-state index contributed by atoms with van der Waals surface area (Å²) in [4.78, 5) is 2.42. The second kappa shape index (κ2) is 9.58. The van der Waals surface area contributed by atoms with Crippen molar-refractivity contribution in [1.82, 2.24) is 0 Å². The number of hydrogen-bond acceptors (Lipinski definition) is 2. The lowest BCUT2D eigenvalue weighted by atomic mass is 9.54. The van der Waals surface area contributed by atoms with E-state index in [-0.39, 0.29) is 10.8 Å². The Morgan fingerprint density at radius 3 is 2.00 bits per heavy atom. The van der Waals surface area contributed by atoms with Gasteiger partial charge in [-0.3, -0.25) is 0 Å². The monoisotopic (exact) mass is 593 g/mol. The average Bonchev–Trinajstić information content (AvgIpc) is 3.46. The summed E-state index contributed by atoms with van der Waals surface area (Å²) in [6.07, 6.45) is 0. The van der Waals surface area contributed by atoms with Crippen molar-refractivity contribution in [2.45, 2.75) is 38.5 Å². The Labute approximate surface area is 269 Å². The zero-order valence-corrected chi connectivity index (χ0v) is 26.6. The summed E-state index contributed by atoms with van der Waals surface area (Å²) in [6, 6.07) is 50.7. The predicted octanol–water partition coefficient (Wildman–Crippen LogP) is 12.6. The number of nitrogens with zero attached hydrogens (tertiary/aromatic N) is 1. The van der Waals surface area contributed by atoms with Gasteiger partial charge in [0.25, 0.3) is 0 Å². The van der Waals surface area contributed by atoms with Gasteiger partial charge in [0.2, 0.25) is 0 Å². The van der Waals surface area contributed by atoms with E-state index in [9.17, 15) is 0 Å². The molecule has 0 unspecified atom stereocenters. The SMILES string of the molecule is CC1(C)c2ccccc2-c2cc(N(c3ccccc3)c3ccc4c(c3)oc3ccccc34)c3ccc4ccccc4c3c2C1(C)C. The summed E-state index contributed by atoms with van der Waals surface area (Å²) in [7, 11) is 0. The molecule has 0 aliphatic heterocycles. The fourth-order valence-electron chi connectivity index (χ4n) is 7.99. The van der Waals surface area contributed by atoms with Crippen molar-refractivity contribution in [3.63, 3.8) is 0 Å². The molecule has 0 fully saturated rings. The first-order valence-electron chi connectivity index (χ1n) is 16.2. The van der Waals surface area contributed by atoms with Crippen molar-refractivity contribution in [3.8, 4) is 11.1 Å². The maximum Gasteiger partial charge on any atom is 0.137 e. The van der Waals surface area contributed by atoms with Gasteiger partial charge < -0.3 is 9.32 Å². The van der Waals surface area contributed by atoms with Crippen molar-refractivity contribution in [3.05, 3.63) is 151 Å². The Morgan fingerprint density at radius 2 is 1.15 bits per heavy atom. The molecule has 1 heterocycles. The zero-order valence-electron chi connectivity index (χ0n) is 26.6. The number of benzene rings is 7. The molecule has 0 saturated carbocycles. The van der Waals surface area contributed by atoms with Gasteiger partial charge in [-0.15, -0.1) is 0 Å². The van der Waals surface area contributed by atoms with E-state index in [0.29, 0.717) is 0 Å². The van der Waals surface area contributed by atoms with Gasteiger partial charge in [0.05, 0.1) is 5.69 Å². The van der Waals surface area contributed by atoms with Gasteiger partial charge in [-0.2, -0.15) is 0 Å². The molecule has 7 aromatic carbocycles. The summed E-state index contributed by atoms with van der Waals surface area (Å²) in [6.45, 7) is 9.71. The predicted molar refractivity (Wildman–Crippen MR) is 195 cm³/mol. The summed E-state index contributed by atoms with van der Waals surface area (Å²) in [5.41, 5.74) is 10.4. The van der Waals surface area contributed by atoms with Crippen LogP contribution in [0.5, 0.6) is 0 Å². The van der Waals surface area contributed by atoms with Crippen LogP contribution >= 0.6 is 0 Å². The molecule has 46 heavy (non-hydrogen) atoms. The van der Waals surface area contributed by atoms with Crippen LogP contribution in [0.1, 0.15) is 38.8 Å². The number of fused-ring (bicyclic) bond motifs is 10. The molecule has 0 N–H and O–H groups in total. The Kier molecular flexibility index (Phi) is 5.63. The third-order valence-corrected chi connectivity index (χ3v) is 11.0. The van der Waals surface area contributed by atoms with Crippen molar-refractivity contribution in [2.24, 2.45) is 0 Å². The first-order chi connectivity index (χ1) is 22.3. The van der Waals surface area contributed by atoms with Crippen molar-refractivity contribution < 1.29 is 4.42 Å². The molecule has 2 heteroatoms. The molecule has 2 nitrogen and oxygen atoms in total. The summed E-state index contributed by atoms with van der Waals surface area (Å²) in [5.74, 6) is 0. The lowest BCUT2D eigenvalue weighted by molar-refractivity contribution is 0.301. The molecule has 9 rings (SSSR count). The first kappa shape index (κ1) is 27.0. The van der Waals surface area contributed by atoms with Crippen LogP contribution in [0, 0.1) is 0 Å². The fourth-order valence-corrected chi connectivity index (χ4v) is 7.99. The second-order valence-corrected chi connectivity index (χ2v) is 13.8. The van der Waals surface area contributed by atoms with E-state index >= 15 is 0 Å². The number of furan rings is 1. The lowest BCUT2D eigenvalue weighted by Gasteiger charge is -2.49. The van der Waals surface area contributed by atoms with Crippen LogP contribution < -0.4 is 4.90 Å². The molecule has 0 amide bonds. The molecular formula is C44H35NO. The third kappa shape index (κ3) is 3.64. The Morgan fingerprint density at radius 1 is 0.478 bits per heavy atom. The number of anilines is 3. The number of hydrogen-bond donors (Lipinski definition) is 0. The minimum atomic E-state index is -0.137. The van der Waals surface area contributed by atoms with E-state index in [1.54, 1.807) is 0 Å². The van der Waals surface area contributed by atoms with Crippen LogP contribution in [0.15, 0.2) is 144 Å². The molecule has 0 radical (unpaired) electrons. The number of para-hydroxylation sites is 2. The van der Waals surface area contributed by atoms with E-state index in [1.165, 1.54) is 43.8 Å². The largest absolute Gasteiger partial charge is 0.456 e. The van der Waals surface area contributed by atoms with E-state index in [2.05, 4.69) is 160 Å². The highest BCUT2D eigenvalue weighted by Gasteiger charge is 2.47. The van der Waals surface area contributed by atoms with Crippen LogP contribution in [-0.2, 0) is 10.8 Å². The van der Waals surface area contributed by atoms with Gasteiger partial charge in [-0.1, -0.05) is 125 Å². The standard InChI is InChI=1S/C44H35NO/c1-43(2)37-20-12-10-18-32(37)36-27-38(35-24-22-28-14-8-9-17-31(28)41(35)42(36)44(43,3)4)45(29-15-6-5-7-16-29)30-23-25-34-33-19-11-13-21-39(33)46-40(34)26-30/h5-27H,1-4H3. The van der Waals surface area contributed by atoms with Crippen LogP contribution in [0.2, 0.25) is 0 Å². The molecule has 8 aromatic rings. The van der Waals surface area contributed by atoms with Gasteiger partial charge in [0.15, 0.2) is 0 Å². The van der Waals surface area contributed by atoms with E-state index < -0.39 is 0 Å². The quantitative estimate of drug-likeness (QED) is 0.189.